The van der Waals surface area contributed by atoms with Gasteiger partial charge in [-0.3, -0.25) is 4.79 Å². The van der Waals surface area contributed by atoms with E-state index in [9.17, 15) is 4.79 Å². The van der Waals surface area contributed by atoms with Crippen LogP contribution in [0, 0.1) is 0 Å². The quantitative estimate of drug-likeness (QED) is 0.160. The van der Waals surface area contributed by atoms with Crippen molar-refractivity contribution in [3.05, 3.63) is 88.7 Å². The summed E-state index contributed by atoms with van der Waals surface area (Å²) in [5, 5.41) is 5.06. The van der Waals surface area contributed by atoms with Crippen molar-refractivity contribution in [3.63, 3.8) is 0 Å². The minimum Gasteiger partial charge on any atom is -0.493 e. The highest BCUT2D eigenvalue weighted by Gasteiger charge is 2.19. The van der Waals surface area contributed by atoms with Crippen molar-refractivity contribution < 1.29 is 23.4 Å². The molecule has 1 amide bonds. The maximum Gasteiger partial charge on any atom is 0.288 e. The van der Waals surface area contributed by atoms with Crippen LogP contribution in [0.15, 0.2) is 86.8 Å². The molecule has 0 unspecified atom stereocenters. The third kappa shape index (κ3) is 4.88. The van der Waals surface area contributed by atoms with E-state index in [4.69, 9.17) is 18.6 Å². The molecule has 8 nitrogen and oxygen atoms in total. The number of carbonyl (C=O) groups excluding carboxylic acids is 1. The highest BCUT2D eigenvalue weighted by Crippen LogP contribution is 2.41. The molecule has 192 valence electrons. The SMILES string of the molecule is COc1cc(-c2ccc(/C=N/NC(=O)c3[nH]c4ccc(Br)cc4c3-c3ccccc3)o2)cc(OC)c1OC. The molecule has 0 aliphatic heterocycles. The number of hydrogen-bond acceptors (Lipinski definition) is 6. The molecule has 3 aromatic carbocycles. The molecule has 0 bridgehead atoms. The van der Waals surface area contributed by atoms with Crippen LogP contribution in [0.5, 0.6) is 17.2 Å². The van der Waals surface area contributed by atoms with E-state index >= 15 is 0 Å². The van der Waals surface area contributed by atoms with Crippen molar-refractivity contribution in [2.45, 2.75) is 0 Å². The summed E-state index contributed by atoms with van der Waals surface area (Å²) in [5.74, 6) is 2.18. The average Bonchev–Trinajstić information content (AvgIpc) is 3.57. The van der Waals surface area contributed by atoms with Crippen molar-refractivity contribution in [1.82, 2.24) is 10.4 Å². The first-order chi connectivity index (χ1) is 18.5. The van der Waals surface area contributed by atoms with Gasteiger partial charge in [-0.1, -0.05) is 46.3 Å². The number of amides is 1. The molecule has 2 N–H and O–H groups in total. The lowest BCUT2D eigenvalue weighted by Crippen LogP contribution is -2.18. The fraction of sp³-hybridized carbons (Fsp3) is 0.103. The summed E-state index contributed by atoms with van der Waals surface area (Å²) < 4.78 is 23.1. The molecule has 9 heteroatoms. The molecule has 0 aliphatic rings. The Morgan fingerprint density at radius 2 is 1.66 bits per heavy atom. The van der Waals surface area contributed by atoms with Gasteiger partial charge in [-0.15, -0.1) is 0 Å². The Morgan fingerprint density at radius 3 is 2.34 bits per heavy atom. The molecule has 0 spiro atoms. The largest absolute Gasteiger partial charge is 0.493 e. The molecular formula is C29H24BrN3O5. The van der Waals surface area contributed by atoms with Crippen LogP contribution < -0.4 is 19.6 Å². The van der Waals surface area contributed by atoms with E-state index in [0.29, 0.717) is 34.5 Å². The van der Waals surface area contributed by atoms with Gasteiger partial charge in [0.1, 0.15) is 17.2 Å². The Labute approximate surface area is 227 Å². The number of furan rings is 1. The van der Waals surface area contributed by atoms with Crippen LogP contribution in [0.25, 0.3) is 33.4 Å². The minimum absolute atomic E-state index is 0.371. The van der Waals surface area contributed by atoms with E-state index in [1.165, 1.54) is 6.21 Å². The molecule has 38 heavy (non-hydrogen) atoms. The molecule has 0 saturated carbocycles. The van der Waals surface area contributed by atoms with E-state index in [1.54, 1.807) is 45.6 Å². The van der Waals surface area contributed by atoms with Crippen LogP contribution in [0.4, 0.5) is 0 Å². The number of nitrogens with zero attached hydrogens (tertiary/aromatic N) is 1. The van der Waals surface area contributed by atoms with E-state index in [0.717, 1.165) is 32.1 Å². The van der Waals surface area contributed by atoms with Crippen molar-refractivity contribution in [2.75, 3.05) is 21.3 Å². The summed E-state index contributed by atoms with van der Waals surface area (Å²) in [7, 11) is 4.66. The Morgan fingerprint density at radius 1 is 0.921 bits per heavy atom. The number of methoxy groups -OCH3 is 3. The van der Waals surface area contributed by atoms with Crippen molar-refractivity contribution in [1.29, 1.82) is 0 Å². The molecule has 0 saturated heterocycles. The predicted octanol–water partition coefficient (Wildman–Crippen LogP) is 6.65. The predicted molar refractivity (Wildman–Crippen MR) is 150 cm³/mol. The number of halogens is 1. The minimum atomic E-state index is -0.371. The third-order valence-electron chi connectivity index (χ3n) is 5.98. The normalized spacial score (nSPS) is 11.2. The highest BCUT2D eigenvalue weighted by molar-refractivity contribution is 9.10. The molecule has 5 aromatic rings. The summed E-state index contributed by atoms with van der Waals surface area (Å²) in [4.78, 5) is 16.4. The third-order valence-corrected chi connectivity index (χ3v) is 6.48. The number of aromatic amines is 1. The van der Waals surface area contributed by atoms with Crippen LogP contribution in [-0.4, -0.2) is 38.4 Å². The average molecular weight is 574 g/mol. The van der Waals surface area contributed by atoms with Gasteiger partial charge in [-0.25, -0.2) is 5.43 Å². The Balaban J connectivity index is 1.39. The van der Waals surface area contributed by atoms with Crippen LogP contribution in [0.3, 0.4) is 0 Å². The van der Waals surface area contributed by atoms with Gasteiger partial charge in [0.25, 0.3) is 5.91 Å². The van der Waals surface area contributed by atoms with E-state index in [2.05, 4.69) is 31.4 Å². The lowest BCUT2D eigenvalue weighted by Gasteiger charge is -2.13. The van der Waals surface area contributed by atoms with E-state index in [1.807, 2.05) is 48.5 Å². The zero-order valence-electron chi connectivity index (χ0n) is 20.9. The number of ether oxygens (including phenoxy) is 3. The zero-order valence-corrected chi connectivity index (χ0v) is 22.5. The van der Waals surface area contributed by atoms with Gasteiger partial charge >= 0.3 is 0 Å². The number of fused-ring (bicyclic) bond motifs is 1. The second kappa shape index (κ2) is 10.9. The highest BCUT2D eigenvalue weighted by atomic mass is 79.9. The lowest BCUT2D eigenvalue weighted by atomic mass is 10.0. The van der Waals surface area contributed by atoms with E-state index in [-0.39, 0.29) is 5.91 Å². The number of hydrogen-bond donors (Lipinski definition) is 2. The van der Waals surface area contributed by atoms with Crippen molar-refractivity contribution in [2.24, 2.45) is 5.10 Å². The van der Waals surface area contributed by atoms with Crippen molar-refractivity contribution in [3.8, 4) is 39.7 Å². The van der Waals surface area contributed by atoms with Gasteiger partial charge in [0, 0.05) is 26.5 Å². The summed E-state index contributed by atoms with van der Waals surface area (Å²) in [6.45, 7) is 0. The summed E-state index contributed by atoms with van der Waals surface area (Å²) in [6, 6.07) is 22.7. The second-order valence-electron chi connectivity index (χ2n) is 8.25. The van der Waals surface area contributed by atoms with Gasteiger partial charge in [0.05, 0.1) is 27.5 Å². The summed E-state index contributed by atoms with van der Waals surface area (Å²) in [6.07, 6.45) is 1.45. The number of benzene rings is 3. The van der Waals surface area contributed by atoms with Crippen molar-refractivity contribution >= 4 is 39.0 Å². The second-order valence-corrected chi connectivity index (χ2v) is 9.16. The number of H-pyrrole nitrogens is 1. The van der Waals surface area contributed by atoms with Gasteiger partial charge in [-0.2, -0.15) is 5.10 Å². The molecule has 2 aromatic heterocycles. The molecule has 5 rings (SSSR count). The number of aromatic nitrogens is 1. The summed E-state index contributed by atoms with van der Waals surface area (Å²) >= 11 is 3.53. The fourth-order valence-electron chi connectivity index (χ4n) is 4.25. The Bertz CT molecular complexity index is 1610. The van der Waals surface area contributed by atoms with Gasteiger partial charge in [0.15, 0.2) is 11.5 Å². The smallest absolute Gasteiger partial charge is 0.288 e. The van der Waals surface area contributed by atoms with Crippen LogP contribution in [-0.2, 0) is 0 Å². The zero-order chi connectivity index (χ0) is 26.6. The first kappa shape index (κ1) is 25.2. The van der Waals surface area contributed by atoms with Crippen LogP contribution in [0.1, 0.15) is 16.2 Å². The van der Waals surface area contributed by atoms with Gasteiger partial charge in [-0.05, 0) is 48.0 Å². The van der Waals surface area contributed by atoms with E-state index < -0.39 is 0 Å². The molecule has 0 radical (unpaired) electrons. The van der Waals surface area contributed by atoms with Gasteiger partial charge < -0.3 is 23.6 Å². The van der Waals surface area contributed by atoms with Crippen LogP contribution >= 0.6 is 15.9 Å². The first-order valence-electron chi connectivity index (χ1n) is 11.6. The maximum atomic E-state index is 13.2. The molecule has 0 aliphatic carbocycles. The number of carbonyl (C=O) groups is 1. The molecule has 2 heterocycles. The Kier molecular flexibility index (Phi) is 7.19. The Hall–Kier alpha value is -4.50. The monoisotopic (exact) mass is 573 g/mol. The lowest BCUT2D eigenvalue weighted by molar-refractivity contribution is 0.0951. The van der Waals surface area contributed by atoms with Gasteiger partial charge in [0.2, 0.25) is 5.75 Å². The molecular weight excluding hydrogens is 550 g/mol. The van der Waals surface area contributed by atoms with Crippen LogP contribution in [0.2, 0.25) is 0 Å². The number of nitrogens with one attached hydrogen (secondary N) is 2. The maximum absolute atomic E-state index is 13.2. The topological polar surface area (TPSA) is 98.1 Å². The number of hydrazone groups is 1. The standard InChI is InChI=1S/C29H24BrN3O5/c1-35-24-13-18(14-25(36-2)28(24)37-3)23-12-10-20(38-23)16-31-33-29(34)27-26(17-7-5-4-6-8-17)21-15-19(30)9-11-22(21)32-27/h4-16,32H,1-3H3,(H,33,34)/b31-16+. The fourth-order valence-corrected chi connectivity index (χ4v) is 4.61. The molecule has 0 atom stereocenters. The first-order valence-corrected chi connectivity index (χ1v) is 12.4. The summed E-state index contributed by atoms with van der Waals surface area (Å²) in [5.41, 5.74) is 6.33. The number of rotatable bonds is 8. The molecule has 0 fully saturated rings.